The summed E-state index contributed by atoms with van der Waals surface area (Å²) in [5, 5.41) is 21.7. The second kappa shape index (κ2) is 9.82. The van der Waals surface area contributed by atoms with Gasteiger partial charge in [0.25, 0.3) is 0 Å². The molecule has 1 saturated carbocycles. The number of nitrogens with one attached hydrogen (secondary N) is 2. The van der Waals surface area contributed by atoms with E-state index in [1.165, 1.54) is 11.3 Å². The molecule has 1 fully saturated rings. The van der Waals surface area contributed by atoms with Crippen LogP contribution in [0, 0.1) is 0 Å². The fraction of sp³-hybridized carbons (Fsp3) is 0.391. The van der Waals surface area contributed by atoms with Crippen LogP contribution < -0.4 is 20.1 Å². The van der Waals surface area contributed by atoms with E-state index in [4.69, 9.17) is 14.5 Å². The predicted octanol–water partition coefficient (Wildman–Crippen LogP) is 3.87. The summed E-state index contributed by atoms with van der Waals surface area (Å²) >= 11 is 1.53. The number of methoxy groups -OCH3 is 1. The van der Waals surface area contributed by atoms with Crippen LogP contribution in [0.3, 0.4) is 0 Å². The summed E-state index contributed by atoms with van der Waals surface area (Å²) in [5.41, 5.74) is 2.32. The molecule has 0 spiro atoms. The van der Waals surface area contributed by atoms with Crippen LogP contribution in [0.5, 0.6) is 11.5 Å². The molecule has 0 saturated heterocycles. The Labute approximate surface area is 201 Å². The summed E-state index contributed by atoms with van der Waals surface area (Å²) in [4.78, 5) is 13.5. The van der Waals surface area contributed by atoms with E-state index in [0.717, 1.165) is 52.4 Å². The Hall–Kier alpha value is -3.44. The highest BCUT2D eigenvalue weighted by molar-refractivity contribution is 7.22. The van der Waals surface area contributed by atoms with Gasteiger partial charge in [0.15, 0.2) is 5.13 Å². The molecule has 0 radical (unpaired) electrons. The number of ether oxygens (including phenoxy) is 2. The van der Waals surface area contributed by atoms with E-state index in [1.54, 1.807) is 24.2 Å². The van der Waals surface area contributed by atoms with E-state index in [2.05, 4.69) is 25.7 Å². The van der Waals surface area contributed by atoms with Crippen LogP contribution in [-0.4, -0.2) is 49.1 Å². The van der Waals surface area contributed by atoms with Crippen molar-refractivity contribution >= 4 is 38.3 Å². The molecule has 34 heavy (non-hydrogen) atoms. The van der Waals surface area contributed by atoms with Gasteiger partial charge >= 0.3 is 0 Å². The number of rotatable bonds is 8. The molecule has 3 aromatic heterocycles. The Morgan fingerprint density at radius 2 is 2.12 bits per heavy atom. The van der Waals surface area contributed by atoms with Crippen molar-refractivity contribution in [1.82, 2.24) is 24.7 Å². The van der Waals surface area contributed by atoms with Gasteiger partial charge in [-0.2, -0.15) is 5.10 Å². The number of aromatic nitrogens is 5. The molecule has 0 aliphatic heterocycles. The normalized spacial score (nSPS) is 18.1. The molecule has 2 atom stereocenters. The minimum absolute atomic E-state index is 0.0308. The van der Waals surface area contributed by atoms with Crippen molar-refractivity contribution in [2.45, 2.75) is 44.4 Å². The highest BCUT2D eigenvalue weighted by Gasteiger charge is 2.24. The van der Waals surface area contributed by atoms with Crippen molar-refractivity contribution in [2.24, 2.45) is 7.05 Å². The zero-order valence-electron chi connectivity index (χ0n) is 19.1. The molecule has 0 bridgehead atoms. The van der Waals surface area contributed by atoms with Crippen LogP contribution in [0.4, 0.5) is 16.8 Å². The topological polar surface area (TPSA) is 119 Å². The second-order valence-corrected chi connectivity index (χ2v) is 9.31. The average Bonchev–Trinajstić information content (AvgIpc) is 3.44. The standard InChI is InChI=1S/C23H27N7O3S/c1-30-12-15(11-25-30)27-22-24-8-7-14(26-22)13-33-16-9-19(32-2)21-20(10-16)34-23(29-21)28-17-5-3-4-6-18(17)31/h7-12,17-18,31H,3-6,13H2,1-2H3,(H,28,29)(H,24,26,27)/t17?,18-/m0/s1. The number of anilines is 3. The summed E-state index contributed by atoms with van der Waals surface area (Å²) in [5.74, 6) is 1.78. The number of benzene rings is 1. The maximum absolute atomic E-state index is 10.3. The maximum atomic E-state index is 10.3. The van der Waals surface area contributed by atoms with Crippen LogP contribution in [0.25, 0.3) is 10.2 Å². The van der Waals surface area contributed by atoms with Crippen LogP contribution >= 0.6 is 11.3 Å². The first-order valence-corrected chi connectivity index (χ1v) is 12.0. The summed E-state index contributed by atoms with van der Waals surface area (Å²) in [6.45, 7) is 0.275. The van der Waals surface area contributed by atoms with E-state index >= 15 is 0 Å². The van der Waals surface area contributed by atoms with E-state index in [9.17, 15) is 5.11 Å². The third-order valence-electron chi connectivity index (χ3n) is 5.75. The summed E-state index contributed by atoms with van der Waals surface area (Å²) in [6, 6.07) is 5.63. The van der Waals surface area contributed by atoms with Crippen molar-refractivity contribution in [1.29, 1.82) is 0 Å². The third kappa shape index (κ3) is 5.05. The Kier molecular flexibility index (Phi) is 6.45. The zero-order valence-corrected chi connectivity index (χ0v) is 19.9. The largest absolute Gasteiger partial charge is 0.494 e. The summed E-state index contributed by atoms with van der Waals surface area (Å²) < 4.78 is 14.3. The predicted molar refractivity (Wildman–Crippen MR) is 131 cm³/mol. The highest BCUT2D eigenvalue weighted by Crippen LogP contribution is 2.37. The zero-order chi connectivity index (χ0) is 23.5. The second-order valence-electron chi connectivity index (χ2n) is 8.28. The average molecular weight is 482 g/mol. The Morgan fingerprint density at radius 1 is 1.24 bits per heavy atom. The number of fused-ring (bicyclic) bond motifs is 1. The first-order valence-electron chi connectivity index (χ1n) is 11.2. The van der Waals surface area contributed by atoms with E-state index in [1.807, 2.05) is 31.4 Å². The van der Waals surface area contributed by atoms with Crippen molar-refractivity contribution in [2.75, 3.05) is 17.7 Å². The molecule has 3 heterocycles. The van der Waals surface area contributed by atoms with Gasteiger partial charge in [-0.15, -0.1) is 0 Å². The number of aliphatic hydroxyl groups excluding tert-OH is 1. The quantitative estimate of drug-likeness (QED) is 0.344. The molecule has 10 nitrogen and oxygen atoms in total. The minimum atomic E-state index is -0.341. The van der Waals surface area contributed by atoms with Crippen LogP contribution in [0.2, 0.25) is 0 Å². The lowest BCUT2D eigenvalue weighted by Crippen LogP contribution is -2.36. The fourth-order valence-corrected chi connectivity index (χ4v) is 5.00. The van der Waals surface area contributed by atoms with Crippen LogP contribution in [0.15, 0.2) is 36.8 Å². The first-order chi connectivity index (χ1) is 16.6. The van der Waals surface area contributed by atoms with Crippen LogP contribution in [-0.2, 0) is 13.7 Å². The highest BCUT2D eigenvalue weighted by atomic mass is 32.1. The minimum Gasteiger partial charge on any atom is -0.494 e. The van der Waals surface area contributed by atoms with Gasteiger partial charge in [0.2, 0.25) is 5.95 Å². The SMILES string of the molecule is COc1cc(OCc2ccnc(Nc3cnn(C)c3)n2)cc2sc(NC3CCCC[C@@H]3O)nc12. The molecular weight excluding hydrogens is 454 g/mol. The van der Waals surface area contributed by atoms with Crippen molar-refractivity contribution in [3.8, 4) is 11.5 Å². The van der Waals surface area contributed by atoms with Crippen LogP contribution in [0.1, 0.15) is 31.4 Å². The van der Waals surface area contributed by atoms with Gasteiger partial charge in [-0.25, -0.2) is 15.0 Å². The third-order valence-corrected chi connectivity index (χ3v) is 6.69. The molecule has 1 aliphatic carbocycles. The number of aliphatic hydroxyl groups is 1. The molecular formula is C23H27N7O3S. The number of hydrogen-bond donors (Lipinski definition) is 3. The maximum Gasteiger partial charge on any atom is 0.227 e. The number of aryl methyl sites for hydroxylation is 1. The lowest BCUT2D eigenvalue weighted by molar-refractivity contribution is 0.116. The Balaban J connectivity index is 1.29. The fourth-order valence-electron chi connectivity index (χ4n) is 4.02. The number of thiazole rings is 1. The van der Waals surface area contributed by atoms with Gasteiger partial charge in [0.1, 0.15) is 23.6 Å². The molecule has 1 aromatic carbocycles. The monoisotopic (exact) mass is 481 g/mol. The molecule has 11 heteroatoms. The molecule has 1 unspecified atom stereocenters. The van der Waals surface area contributed by atoms with Crippen molar-refractivity contribution in [3.05, 3.63) is 42.5 Å². The summed E-state index contributed by atoms with van der Waals surface area (Å²) in [6.07, 6.45) is 8.86. The van der Waals surface area contributed by atoms with Gasteiger partial charge in [-0.3, -0.25) is 4.68 Å². The summed E-state index contributed by atoms with van der Waals surface area (Å²) in [7, 11) is 3.47. The Morgan fingerprint density at radius 3 is 2.91 bits per heavy atom. The lowest BCUT2D eigenvalue weighted by Gasteiger charge is -2.27. The molecule has 178 valence electrons. The number of hydrogen-bond acceptors (Lipinski definition) is 10. The smallest absolute Gasteiger partial charge is 0.227 e. The van der Waals surface area contributed by atoms with Gasteiger partial charge in [-0.05, 0) is 25.0 Å². The molecule has 1 aliphatic rings. The molecule has 5 rings (SSSR count). The molecule has 0 amide bonds. The van der Waals surface area contributed by atoms with Gasteiger partial charge in [-0.1, -0.05) is 24.2 Å². The van der Waals surface area contributed by atoms with Crippen molar-refractivity contribution < 1.29 is 14.6 Å². The van der Waals surface area contributed by atoms with Crippen molar-refractivity contribution in [3.63, 3.8) is 0 Å². The Bertz CT molecular complexity index is 1270. The van der Waals surface area contributed by atoms with Gasteiger partial charge in [0, 0.05) is 25.5 Å². The van der Waals surface area contributed by atoms with E-state index < -0.39 is 0 Å². The molecule has 4 aromatic rings. The van der Waals surface area contributed by atoms with Gasteiger partial charge in [0.05, 0.1) is 41.5 Å². The lowest BCUT2D eigenvalue weighted by atomic mass is 9.93. The van der Waals surface area contributed by atoms with E-state index in [-0.39, 0.29) is 18.8 Å². The van der Waals surface area contributed by atoms with Gasteiger partial charge < -0.3 is 25.2 Å². The molecule has 3 N–H and O–H groups in total. The number of nitrogens with zero attached hydrogens (tertiary/aromatic N) is 5. The van der Waals surface area contributed by atoms with E-state index in [0.29, 0.717) is 17.4 Å². The first kappa shape index (κ1) is 22.4.